The maximum atomic E-state index is 12.5. The zero-order chi connectivity index (χ0) is 46.5. The quantitative estimate of drug-likeness (QED) is 0.0321. The lowest BCUT2D eigenvalue weighted by Gasteiger charge is -2.22. The van der Waals surface area contributed by atoms with Gasteiger partial charge in [0.2, 0.25) is 5.91 Å². The van der Waals surface area contributed by atoms with Gasteiger partial charge in [0, 0.05) is 12.8 Å². The van der Waals surface area contributed by atoms with E-state index in [2.05, 4.69) is 31.3 Å². The number of nitrogens with one attached hydrogen (secondary N) is 1. The second kappa shape index (κ2) is 54.2. The lowest BCUT2D eigenvalue weighted by molar-refractivity contribution is -0.143. The topological polar surface area (TPSA) is 95.9 Å². The van der Waals surface area contributed by atoms with E-state index in [1.807, 2.05) is 0 Å². The average Bonchev–Trinajstić information content (AvgIpc) is 3.29. The summed E-state index contributed by atoms with van der Waals surface area (Å²) in [6.45, 7) is 4.96. The van der Waals surface area contributed by atoms with Crippen LogP contribution in [0.15, 0.2) is 12.2 Å². The fraction of sp³-hybridized carbons (Fsp3) is 0.931. The lowest BCUT2D eigenvalue weighted by Crippen LogP contribution is -2.45. The third-order valence-electron chi connectivity index (χ3n) is 13.6. The van der Waals surface area contributed by atoms with Crippen molar-refractivity contribution in [3.05, 3.63) is 12.2 Å². The summed E-state index contributed by atoms with van der Waals surface area (Å²) in [7, 11) is 0. The van der Waals surface area contributed by atoms with Crippen LogP contribution >= 0.6 is 0 Å². The first-order valence-corrected chi connectivity index (χ1v) is 28.9. The minimum Gasteiger partial charge on any atom is -0.466 e. The molecule has 0 aliphatic carbocycles. The van der Waals surface area contributed by atoms with Crippen LogP contribution in [0.1, 0.15) is 322 Å². The third kappa shape index (κ3) is 50.0. The summed E-state index contributed by atoms with van der Waals surface area (Å²) in [6.07, 6.45) is 63.5. The molecule has 0 saturated carbocycles. The number of aliphatic hydroxyl groups is 2. The van der Waals surface area contributed by atoms with Crippen molar-refractivity contribution in [3.63, 3.8) is 0 Å². The van der Waals surface area contributed by atoms with E-state index in [1.165, 1.54) is 250 Å². The van der Waals surface area contributed by atoms with E-state index in [0.29, 0.717) is 25.9 Å². The van der Waals surface area contributed by atoms with Crippen molar-refractivity contribution in [1.82, 2.24) is 5.32 Å². The van der Waals surface area contributed by atoms with Gasteiger partial charge in [-0.3, -0.25) is 9.59 Å². The van der Waals surface area contributed by atoms with E-state index in [1.54, 1.807) is 0 Å². The number of aliphatic hydroxyl groups excluding tert-OH is 2. The molecule has 6 nitrogen and oxygen atoms in total. The smallest absolute Gasteiger partial charge is 0.305 e. The van der Waals surface area contributed by atoms with Crippen molar-refractivity contribution in [2.45, 2.75) is 334 Å². The standard InChI is InChI=1S/C58H113NO5/c1-3-5-7-9-11-13-15-16-27-31-34-38-42-46-50-56(61)55(54-60)59-57(62)51-47-43-39-35-32-28-25-23-21-19-17-18-20-22-24-26-29-33-37-41-45-49-53-64-58(63)52-48-44-40-36-30-14-12-10-8-6-4-2/h19,21,55-56,60-61H,3-18,20,22-54H2,1-2H3,(H,59,62)/b21-19-. The molecule has 0 spiro atoms. The second-order valence-corrected chi connectivity index (χ2v) is 20.0. The molecule has 0 saturated heterocycles. The molecule has 0 bridgehead atoms. The summed E-state index contributed by atoms with van der Waals surface area (Å²) in [5, 5.41) is 23.2. The fourth-order valence-electron chi connectivity index (χ4n) is 9.11. The maximum absolute atomic E-state index is 12.5. The molecule has 0 aliphatic heterocycles. The van der Waals surface area contributed by atoms with Crippen LogP contribution < -0.4 is 5.32 Å². The molecule has 2 atom stereocenters. The van der Waals surface area contributed by atoms with Crippen LogP contribution in [0.4, 0.5) is 0 Å². The zero-order valence-corrected chi connectivity index (χ0v) is 43.3. The van der Waals surface area contributed by atoms with E-state index in [-0.39, 0.29) is 18.5 Å². The number of allylic oxidation sites excluding steroid dienone is 2. The Morgan fingerprint density at radius 2 is 0.734 bits per heavy atom. The Bertz CT molecular complexity index is 955. The molecular weight excluding hydrogens is 791 g/mol. The van der Waals surface area contributed by atoms with Crippen LogP contribution in [-0.4, -0.2) is 47.4 Å². The lowest BCUT2D eigenvalue weighted by atomic mass is 10.0. The van der Waals surface area contributed by atoms with E-state index in [9.17, 15) is 19.8 Å². The van der Waals surface area contributed by atoms with E-state index in [4.69, 9.17) is 4.74 Å². The van der Waals surface area contributed by atoms with Gasteiger partial charge in [0.25, 0.3) is 0 Å². The Labute approximate surface area is 399 Å². The Kier molecular flexibility index (Phi) is 53.0. The number of esters is 1. The first kappa shape index (κ1) is 62.6. The van der Waals surface area contributed by atoms with Gasteiger partial charge in [-0.25, -0.2) is 0 Å². The second-order valence-electron chi connectivity index (χ2n) is 20.0. The largest absolute Gasteiger partial charge is 0.466 e. The van der Waals surface area contributed by atoms with Crippen LogP contribution in [0.25, 0.3) is 0 Å². The first-order chi connectivity index (χ1) is 31.5. The molecule has 0 rings (SSSR count). The highest BCUT2D eigenvalue weighted by molar-refractivity contribution is 5.76. The van der Waals surface area contributed by atoms with Gasteiger partial charge in [0.1, 0.15) is 0 Å². The summed E-state index contributed by atoms with van der Waals surface area (Å²) < 4.78 is 5.46. The van der Waals surface area contributed by atoms with Crippen molar-refractivity contribution in [1.29, 1.82) is 0 Å². The number of amides is 1. The SMILES string of the molecule is CCCCCCCCCCCCCCCCC(O)C(CO)NC(=O)CCCCCCCCC/C=C\CCCCCCCCCCCCCOC(=O)CCCCCCCCCCCCC. The monoisotopic (exact) mass is 904 g/mol. The predicted molar refractivity (Wildman–Crippen MR) is 278 cm³/mol. The van der Waals surface area contributed by atoms with Crippen LogP contribution in [0.2, 0.25) is 0 Å². The highest BCUT2D eigenvalue weighted by Crippen LogP contribution is 2.17. The van der Waals surface area contributed by atoms with E-state index < -0.39 is 12.1 Å². The molecule has 0 heterocycles. The molecule has 0 aromatic rings. The summed E-state index contributed by atoms with van der Waals surface area (Å²) >= 11 is 0. The van der Waals surface area contributed by atoms with Gasteiger partial charge >= 0.3 is 5.97 Å². The number of hydrogen-bond acceptors (Lipinski definition) is 5. The molecule has 0 aliphatic rings. The Morgan fingerprint density at radius 3 is 1.11 bits per heavy atom. The van der Waals surface area contributed by atoms with Gasteiger partial charge in [-0.05, 0) is 51.4 Å². The van der Waals surface area contributed by atoms with Crippen LogP contribution in [0, 0.1) is 0 Å². The molecule has 1 amide bonds. The predicted octanol–water partition coefficient (Wildman–Crippen LogP) is 17.7. The molecule has 380 valence electrons. The average molecular weight is 905 g/mol. The maximum Gasteiger partial charge on any atom is 0.305 e. The Hall–Kier alpha value is -1.40. The molecule has 0 aromatic carbocycles. The van der Waals surface area contributed by atoms with Crippen molar-refractivity contribution in [2.24, 2.45) is 0 Å². The highest BCUT2D eigenvalue weighted by Gasteiger charge is 2.20. The molecule has 0 radical (unpaired) electrons. The summed E-state index contributed by atoms with van der Waals surface area (Å²) in [5.74, 6) is -0.0304. The van der Waals surface area contributed by atoms with Crippen molar-refractivity contribution in [3.8, 4) is 0 Å². The summed E-state index contributed by atoms with van der Waals surface area (Å²) in [6, 6.07) is -0.545. The van der Waals surface area contributed by atoms with Crippen molar-refractivity contribution < 1.29 is 24.5 Å². The molecule has 0 fully saturated rings. The fourth-order valence-corrected chi connectivity index (χ4v) is 9.11. The van der Waals surface area contributed by atoms with E-state index >= 15 is 0 Å². The number of ether oxygens (including phenoxy) is 1. The van der Waals surface area contributed by atoms with E-state index in [0.717, 1.165) is 38.5 Å². The minimum atomic E-state index is -0.667. The van der Waals surface area contributed by atoms with Crippen molar-refractivity contribution >= 4 is 11.9 Å². The van der Waals surface area contributed by atoms with Gasteiger partial charge in [0.05, 0.1) is 25.4 Å². The molecule has 3 N–H and O–H groups in total. The summed E-state index contributed by atoms with van der Waals surface area (Å²) in [5.41, 5.74) is 0. The number of carbonyl (C=O) groups is 2. The first-order valence-electron chi connectivity index (χ1n) is 28.9. The summed E-state index contributed by atoms with van der Waals surface area (Å²) in [4.78, 5) is 24.4. The van der Waals surface area contributed by atoms with Gasteiger partial charge in [0.15, 0.2) is 0 Å². The minimum absolute atomic E-state index is 0.0100. The Morgan fingerprint density at radius 1 is 0.422 bits per heavy atom. The zero-order valence-electron chi connectivity index (χ0n) is 43.3. The van der Waals surface area contributed by atoms with Gasteiger partial charge in [-0.1, -0.05) is 270 Å². The number of unbranched alkanes of at least 4 members (excludes halogenated alkanes) is 41. The van der Waals surface area contributed by atoms with Crippen molar-refractivity contribution in [2.75, 3.05) is 13.2 Å². The molecule has 64 heavy (non-hydrogen) atoms. The van der Waals surface area contributed by atoms with Gasteiger partial charge in [-0.15, -0.1) is 0 Å². The van der Waals surface area contributed by atoms with Gasteiger partial charge < -0.3 is 20.3 Å². The molecule has 6 heteroatoms. The highest BCUT2D eigenvalue weighted by atomic mass is 16.5. The van der Waals surface area contributed by atoms with Crippen LogP contribution in [-0.2, 0) is 14.3 Å². The van der Waals surface area contributed by atoms with Crippen LogP contribution in [0.5, 0.6) is 0 Å². The Balaban J connectivity index is 3.41. The molecule has 0 aromatic heterocycles. The number of carbonyl (C=O) groups excluding carboxylic acids is 2. The van der Waals surface area contributed by atoms with Crippen LogP contribution in [0.3, 0.4) is 0 Å². The molecule has 2 unspecified atom stereocenters. The third-order valence-corrected chi connectivity index (χ3v) is 13.6. The number of hydrogen-bond donors (Lipinski definition) is 3. The number of rotatable bonds is 54. The normalized spacial score (nSPS) is 12.6. The van der Waals surface area contributed by atoms with Gasteiger partial charge in [-0.2, -0.15) is 0 Å². The molecular formula is C58H113NO5.